The third-order valence-corrected chi connectivity index (χ3v) is 6.99. The number of hydrogen-bond acceptors (Lipinski definition) is 7. The zero-order chi connectivity index (χ0) is 25.1. The summed E-state index contributed by atoms with van der Waals surface area (Å²) < 4.78 is 0. The lowest BCUT2D eigenvalue weighted by molar-refractivity contribution is -0.128. The summed E-state index contributed by atoms with van der Waals surface area (Å²) in [6.07, 6.45) is 9.49. The van der Waals surface area contributed by atoms with Gasteiger partial charge in [0.1, 0.15) is 12.1 Å². The van der Waals surface area contributed by atoms with Crippen molar-refractivity contribution in [2.75, 3.05) is 11.4 Å². The fourth-order valence-corrected chi connectivity index (χ4v) is 5.21. The number of pyridine rings is 1. The number of likely N-dealkylation sites (tertiary alicyclic amines) is 1. The van der Waals surface area contributed by atoms with Crippen LogP contribution in [0.5, 0.6) is 0 Å². The summed E-state index contributed by atoms with van der Waals surface area (Å²) in [6, 6.07) is 8.89. The van der Waals surface area contributed by atoms with E-state index < -0.39 is 24.1 Å². The van der Waals surface area contributed by atoms with Gasteiger partial charge in [0.25, 0.3) is 5.91 Å². The van der Waals surface area contributed by atoms with Crippen LogP contribution in [0.3, 0.4) is 0 Å². The molecular formula is C26H29N7O3. The predicted octanol–water partition coefficient (Wildman–Crippen LogP) is 2.40. The van der Waals surface area contributed by atoms with Crippen LogP contribution in [-0.2, 0) is 9.59 Å². The third-order valence-electron chi connectivity index (χ3n) is 6.99. The topological polar surface area (TPSA) is 138 Å². The number of nitrogens with zero attached hydrogens (tertiary/aromatic N) is 5. The van der Waals surface area contributed by atoms with Gasteiger partial charge in [0.15, 0.2) is 6.19 Å². The van der Waals surface area contributed by atoms with Crippen LogP contribution in [0.1, 0.15) is 50.1 Å². The van der Waals surface area contributed by atoms with E-state index in [-0.39, 0.29) is 30.9 Å². The lowest BCUT2D eigenvalue weighted by Crippen LogP contribution is -2.52. The molecule has 3 atom stereocenters. The maximum atomic E-state index is 14.1. The summed E-state index contributed by atoms with van der Waals surface area (Å²) in [5.74, 6) is -0.612. The highest BCUT2D eigenvalue weighted by atomic mass is 16.3. The molecule has 0 radical (unpaired) electrons. The lowest BCUT2D eigenvalue weighted by atomic mass is 9.94. The number of nitrogens with one attached hydrogen (secondary N) is 2. The Morgan fingerprint density at radius 3 is 2.72 bits per heavy atom. The Balaban J connectivity index is 1.59. The number of carbonyl (C=O) groups is 2. The van der Waals surface area contributed by atoms with Crippen LogP contribution < -0.4 is 10.2 Å². The van der Waals surface area contributed by atoms with Crippen LogP contribution in [0.25, 0.3) is 11.0 Å². The molecule has 5 rings (SSSR count). The molecule has 3 aromatic rings. The van der Waals surface area contributed by atoms with Crippen molar-refractivity contribution in [3.05, 3.63) is 54.4 Å². The molecule has 0 spiro atoms. The molecule has 186 valence electrons. The molecule has 1 aromatic carbocycles. The molecule has 2 fully saturated rings. The number of aromatic amines is 1. The molecule has 1 saturated heterocycles. The molecule has 10 nitrogen and oxygen atoms in total. The van der Waals surface area contributed by atoms with E-state index in [1.54, 1.807) is 24.5 Å². The first-order valence-corrected chi connectivity index (χ1v) is 12.4. The molecule has 1 aliphatic heterocycles. The van der Waals surface area contributed by atoms with Gasteiger partial charge in [-0.25, -0.2) is 4.98 Å². The van der Waals surface area contributed by atoms with Crippen LogP contribution in [0, 0.1) is 11.5 Å². The average Bonchev–Trinajstić information content (AvgIpc) is 3.50. The van der Waals surface area contributed by atoms with Crippen molar-refractivity contribution in [3.63, 3.8) is 0 Å². The fraction of sp³-hybridized carbons (Fsp3) is 0.423. The van der Waals surface area contributed by atoms with Gasteiger partial charge in [-0.15, -0.1) is 0 Å². The lowest BCUT2D eigenvalue weighted by Gasteiger charge is -2.33. The molecule has 2 aromatic heterocycles. The third kappa shape index (κ3) is 4.75. The molecule has 3 heterocycles. The number of anilines is 1. The van der Waals surface area contributed by atoms with Gasteiger partial charge in [-0.2, -0.15) is 5.26 Å². The highest BCUT2D eigenvalue weighted by Gasteiger charge is 2.44. The summed E-state index contributed by atoms with van der Waals surface area (Å²) in [5, 5.41) is 23.0. The molecule has 0 bridgehead atoms. The van der Waals surface area contributed by atoms with Gasteiger partial charge in [0.2, 0.25) is 11.9 Å². The second kappa shape index (κ2) is 10.3. The van der Waals surface area contributed by atoms with Crippen molar-refractivity contribution < 1.29 is 14.7 Å². The number of carbonyl (C=O) groups excluding carboxylic acids is 2. The normalized spacial score (nSPS) is 21.2. The van der Waals surface area contributed by atoms with E-state index in [9.17, 15) is 20.0 Å². The molecular weight excluding hydrogens is 458 g/mol. The molecule has 3 unspecified atom stereocenters. The van der Waals surface area contributed by atoms with Crippen LogP contribution in [0.2, 0.25) is 0 Å². The van der Waals surface area contributed by atoms with Crippen molar-refractivity contribution in [1.82, 2.24) is 25.2 Å². The van der Waals surface area contributed by atoms with Crippen LogP contribution >= 0.6 is 0 Å². The highest BCUT2D eigenvalue weighted by Crippen LogP contribution is 2.31. The number of para-hydroxylation sites is 2. The second-order valence-electron chi connectivity index (χ2n) is 9.48. The van der Waals surface area contributed by atoms with Crippen molar-refractivity contribution in [2.45, 2.75) is 62.8 Å². The van der Waals surface area contributed by atoms with E-state index in [4.69, 9.17) is 0 Å². The summed E-state index contributed by atoms with van der Waals surface area (Å²) in [5.41, 5.74) is 1.89. The maximum absolute atomic E-state index is 14.1. The van der Waals surface area contributed by atoms with Gasteiger partial charge >= 0.3 is 0 Å². The number of aliphatic hydroxyl groups is 1. The highest BCUT2D eigenvalue weighted by molar-refractivity contribution is 6.03. The predicted molar refractivity (Wildman–Crippen MR) is 132 cm³/mol. The number of β-amino-alcohol motifs (C(OH)–C–C–N with tert-alkyl or cyclic N) is 1. The minimum absolute atomic E-state index is 0.0296. The van der Waals surface area contributed by atoms with E-state index in [1.807, 2.05) is 30.5 Å². The number of amides is 2. The molecule has 3 N–H and O–H groups in total. The summed E-state index contributed by atoms with van der Waals surface area (Å²) >= 11 is 0. The van der Waals surface area contributed by atoms with Crippen molar-refractivity contribution >= 4 is 28.8 Å². The minimum Gasteiger partial charge on any atom is -0.391 e. The number of hydrogen-bond donors (Lipinski definition) is 3. The Kier molecular flexibility index (Phi) is 6.82. The first kappa shape index (κ1) is 23.8. The molecule has 1 saturated carbocycles. The maximum Gasteiger partial charge on any atom is 0.253 e. The number of rotatable bonds is 6. The Morgan fingerprint density at radius 1 is 1.19 bits per heavy atom. The number of fused-ring (bicyclic) bond motifs is 1. The number of imidazole rings is 1. The van der Waals surface area contributed by atoms with Crippen molar-refractivity contribution in [1.29, 1.82) is 5.26 Å². The SMILES string of the molecule is N#CN1CC(O)CC1C(=O)N(c1nc2ccccc2[nH]1)C(C(=O)NC1CCCCC1)c1cccnc1. The second-order valence-corrected chi connectivity index (χ2v) is 9.48. The first-order valence-electron chi connectivity index (χ1n) is 12.4. The average molecular weight is 488 g/mol. The zero-order valence-corrected chi connectivity index (χ0v) is 19.9. The summed E-state index contributed by atoms with van der Waals surface area (Å²) in [4.78, 5) is 42.6. The van der Waals surface area contributed by atoms with Gasteiger partial charge in [0, 0.05) is 30.4 Å². The smallest absolute Gasteiger partial charge is 0.253 e. The largest absolute Gasteiger partial charge is 0.391 e. The van der Waals surface area contributed by atoms with Gasteiger partial charge in [-0.05, 0) is 31.0 Å². The number of aromatic nitrogens is 3. The number of benzene rings is 1. The van der Waals surface area contributed by atoms with Gasteiger partial charge in [0.05, 0.1) is 23.7 Å². The monoisotopic (exact) mass is 487 g/mol. The molecule has 2 aliphatic rings. The Labute approximate surface area is 208 Å². The van der Waals surface area contributed by atoms with E-state index >= 15 is 0 Å². The Morgan fingerprint density at radius 2 is 2.00 bits per heavy atom. The van der Waals surface area contributed by atoms with Crippen LogP contribution in [0.15, 0.2) is 48.8 Å². The van der Waals surface area contributed by atoms with E-state index in [2.05, 4.69) is 20.3 Å². The summed E-state index contributed by atoms with van der Waals surface area (Å²) in [7, 11) is 0. The number of H-pyrrole nitrogens is 1. The Bertz CT molecular complexity index is 1230. The number of aliphatic hydroxyl groups excluding tert-OH is 1. The van der Waals surface area contributed by atoms with Crippen LogP contribution in [-0.4, -0.2) is 61.5 Å². The van der Waals surface area contributed by atoms with Crippen LogP contribution in [0.4, 0.5) is 5.95 Å². The molecule has 1 aliphatic carbocycles. The van der Waals surface area contributed by atoms with Gasteiger partial charge < -0.3 is 15.4 Å². The van der Waals surface area contributed by atoms with Crippen molar-refractivity contribution in [3.8, 4) is 6.19 Å². The standard InChI is InChI=1S/C26H29N7O3/c27-16-32-15-19(34)13-22(32)25(36)33(26-30-20-10-4-5-11-21(20)31-26)23(17-7-6-12-28-14-17)24(35)29-18-8-2-1-3-9-18/h4-7,10-12,14,18-19,22-23,34H,1-3,8-9,13,15H2,(H,29,35)(H,30,31). The molecule has 36 heavy (non-hydrogen) atoms. The number of nitriles is 1. The van der Waals surface area contributed by atoms with E-state index in [0.717, 1.165) is 32.1 Å². The fourth-order valence-electron chi connectivity index (χ4n) is 5.21. The van der Waals surface area contributed by atoms with E-state index in [1.165, 1.54) is 9.80 Å². The minimum atomic E-state index is -1.06. The first-order chi connectivity index (χ1) is 17.5. The summed E-state index contributed by atoms with van der Waals surface area (Å²) in [6.45, 7) is 0.0622. The van der Waals surface area contributed by atoms with E-state index in [0.29, 0.717) is 16.6 Å². The van der Waals surface area contributed by atoms with Gasteiger partial charge in [-0.3, -0.25) is 24.4 Å². The van der Waals surface area contributed by atoms with Crippen molar-refractivity contribution in [2.24, 2.45) is 0 Å². The molecule has 2 amide bonds. The molecule has 10 heteroatoms. The zero-order valence-electron chi connectivity index (χ0n) is 19.9. The Hall–Kier alpha value is -3.97. The van der Waals surface area contributed by atoms with Gasteiger partial charge in [-0.1, -0.05) is 37.5 Å². The quantitative estimate of drug-likeness (QED) is 0.454.